The molecule has 0 heterocycles. The molecule has 0 aliphatic heterocycles. The third kappa shape index (κ3) is 5.71. The van der Waals surface area contributed by atoms with Gasteiger partial charge in [0, 0.05) is 24.4 Å². The molecule has 3 aromatic carbocycles. The van der Waals surface area contributed by atoms with Crippen molar-refractivity contribution in [1.82, 2.24) is 5.32 Å². The molecule has 1 aliphatic rings. The van der Waals surface area contributed by atoms with Crippen LogP contribution in [0.25, 0.3) is 11.1 Å². The summed E-state index contributed by atoms with van der Waals surface area (Å²) in [5, 5.41) is 5.85. The van der Waals surface area contributed by atoms with Crippen molar-refractivity contribution in [2.45, 2.75) is 32.0 Å². The van der Waals surface area contributed by atoms with E-state index in [-0.39, 0.29) is 24.5 Å². The van der Waals surface area contributed by atoms with Gasteiger partial charge in [-0.2, -0.15) is 13.2 Å². The van der Waals surface area contributed by atoms with E-state index < -0.39 is 11.7 Å². The number of rotatable bonds is 6. The van der Waals surface area contributed by atoms with Gasteiger partial charge in [-0.15, -0.1) is 0 Å². The molecular weight excluding hydrogens is 457 g/mol. The van der Waals surface area contributed by atoms with Crippen LogP contribution in [0.2, 0.25) is 0 Å². The molecule has 0 aromatic heterocycles. The van der Waals surface area contributed by atoms with Crippen molar-refractivity contribution in [2.24, 2.45) is 0 Å². The van der Waals surface area contributed by atoms with E-state index >= 15 is 0 Å². The van der Waals surface area contributed by atoms with Crippen LogP contribution < -0.4 is 10.6 Å². The summed E-state index contributed by atoms with van der Waals surface area (Å²) in [5.74, 6) is -0.527. The van der Waals surface area contributed by atoms with Crippen LogP contribution in [-0.4, -0.2) is 31.6 Å². The first kappa shape index (κ1) is 24.5. The van der Waals surface area contributed by atoms with Crippen LogP contribution in [-0.2, 0) is 28.5 Å². The lowest BCUT2D eigenvalue weighted by Gasteiger charge is -2.13. The first-order valence-electron chi connectivity index (χ1n) is 11.1. The number of ether oxygens (including phenoxy) is 1. The van der Waals surface area contributed by atoms with E-state index in [1.54, 1.807) is 12.1 Å². The van der Waals surface area contributed by atoms with Crippen LogP contribution in [0.1, 0.15) is 32.6 Å². The maximum Gasteiger partial charge on any atom is 0.416 e. The Morgan fingerprint density at radius 2 is 1.69 bits per heavy atom. The van der Waals surface area contributed by atoms with Crippen LogP contribution in [0.15, 0.2) is 60.7 Å². The number of halogens is 3. The second-order valence-corrected chi connectivity index (χ2v) is 8.67. The minimum atomic E-state index is -4.43. The molecule has 8 heteroatoms. The fourth-order valence-electron chi connectivity index (χ4n) is 4.33. The van der Waals surface area contributed by atoms with E-state index in [0.29, 0.717) is 35.2 Å². The van der Waals surface area contributed by atoms with Gasteiger partial charge in [-0.1, -0.05) is 35.9 Å². The van der Waals surface area contributed by atoms with Crippen LogP contribution >= 0.6 is 0 Å². The predicted molar refractivity (Wildman–Crippen MR) is 127 cm³/mol. The molecule has 0 saturated heterocycles. The molecule has 4 rings (SSSR count). The number of carbonyl (C=O) groups is 2. The van der Waals surface area contributed by atoms with Gasteiger partial charge in [-0.05, 0) is 72.4 Å². The Morgan fingerprint density at radius 1 is 0.971 bits per heavy atom. The Balaban J connectivity index is 1.53. The van der Waals surface area contributed by atoms with Gasteiger partial charge >= 0.3 is 6.18 Å². The minimum Gasteiger partial charge on any atom is -0.375 e. The van der Waals surface area contributed by atoms with Crippen LogP contribution in [0.3, 0.4) is 0 Å². The number of methoxy groups -OCH3 is 1. The molecule has 0 bridgehead atoms. The van der Waals surface area contributed by atoms with Gasteiger partial charge in [0.2, 0.25) is 5.91 Å². The molecule has 5 nitrogen and oxygen atoms in total. The van der Waals surface area contributed by atoms with Gasteiger partial charge in [0.1, 0.15) is 6.61 Å². The van der Waals surface area contributed by atoms with Crippen molar-refractivity contribution in [1.29, 1.82) is 0 Å². The quantitative estimate of drug-likeness (QED) is 0.510. The molecule has 182 valence electrons. The van der Waals surface area contributed by atoms with Crippen molar-refractivity contribution in [3.8, 4) is 11.1 Å². The highest BCUT2D eigenvalue weighted by Gasteiger charge is 2.30. The Bertz CT molecular complexity index is 1250. The largest absolute Gasteiger partial charge is 0.416 e. The van der Waals surface area contributed by atoms with E-state index in [2.05, 4.69) is 10.6 Å². The number of nitrogens with one attached hydrogen (secondary N) is 2. The standard InChI is InChI=1S/C27H25F3N2O3/c1-16-3-10-23(17-4-7-20(8-5-17)27(28,29)30)24(11-16)26(34)32-21-9-6-18-12-22(14-19(18)13-21)31-25(33)15-35-2/h3-11,13,22H,12,14-15H2,1-2H3,(H,31,33)(H,32,34). The highest BCUT2D eigenvalue weighted by Crippen LogP contribution is 2.33. The first-order valence-corrected chi connectivity index (χ1v) is 11.1. The molecule has 1 atom stereocenters. The van der Waals surface area contributed by atoms with Gasteiger partial charge < -0.3 is 15.4 Å². The molecule has 0 spiro atoms. The summed E-state index contributed by atoms with van der Waals surface area (Å²) in [4.78, 5) is 25.0. The maximum atomic E-state index is 13.2. The number of hydrogen-bond acceptors (Lipinski definition) is 3. The third-order valence-electron chi connectivity index (χ3n) is 5.98. The second kappa shape index (κ2) is 9.92. The molecule has 2 N–H and O–H groups in total. The topological polar surface area (TPSA) is 67.4 Å². The maximum absolute atomic E-state index is 13.2. The lowest BCUT2D eigenvalue weighted by molar-refractivity contribution is -0.137. The monoisotopic (exact) mass is 482 g/mol. The fourth-order valence-corrected chi connectivity index (χ4v) is 4.33. The summed E-state index contributed by atoms with van der Waals surface area (Å²) in [7, 11) is 1.47. The summed E-state index contributed by atoms with van der Waals surface area (Å²) in [6.45, 7) is 1.85. The summed E-state index contributed by atoms with van der Waals surface area (Å²) >= 11 is 0. The molecule has 3 aromatic rings. The molecular formula is C27H25F3N2O3. The van der Waals surface area contributed by atoms with Gasteiger partial charge in [-0.25, -0.2) is 0 Å². The summed E-state index contributed by atoms with van der Waals surface area (Å²) in [6, 6.07) is 15.7. The lowest BCUT2D eigenvalue weighted by Crippen LogP contribution is -2.37. The third-order valence-corrected chi connectivity index (χ3v) is 5.98. The van der Waals surface area contributed by atoms with Gasteiger partial charge in [0.25, 0.3) is 5.91 Å². The van der Waals surface area contributed by atoms with Gasteiger partial charge in [0.05, 0.1) is 5.56 Å². The number of alkyl halides is 3. The van der Waals surface area contributed by atoms with E-state index in [1.807, 2.05) is 31.2 Å². The van der Waals surface area contributed by atoms with Crippen molar-refractivity contribution >= 4 is 17.5 Å². The summed E-state index contributed by atoms with van der Waals surface area (Å²) in [6.07, 6.45) is -3.07. The molecule has 2 amide bonds. The van der Waals surface area contributed by atoms with Crippen LogP contribution in [0.4, 0.5) is 18.9 Å². The Morgan fingerprint density at radius 3 is 2.37 bits per heavy atom. The fraction of sp³-hybridized carbons (Fsp3) is 0.259. The number of benzene rings is 3. The molecule has 0 saturated carbocycles. The van der Waals surface area contributed by atoms with E-state index in [1.165, 1.54) is 19.2 Å². The second-order valence-electron chi connectivity index (χ2n) is 8.67. The zero-order valence-electron chi connectivity index (χ0n) is 19.3. The highest BCUT2D eigenvalue weighted by atomic mass is 19.4. The smallest absolute Gasteiger partial charge is 0.375 e. The summed E-state index contributed by atoms with van der Waals surface area (Å²) < 4.78 is 43.7. The molecule has 1 aliphatic carbocycles. The van der Waals surface area contributed by atoms with Crippen LogP contribution in [0.5, 0.6) is 0 Å². The average Bonchev–Trinajstić information content (AvgIpc) is 3.20. The van der Waals surface area contributed by atoms with E-state index in [9.17, 15) is 22.8 Å². The molecule has 35 heavy (non-hydrogen) atoms. The Kier molecular flexibility index (Phi) is 6.93. The van der Waals surface area contributed by atoms with E-state index in [4.69, 9.17) is 4.74 Å². The number of anilines is 1. The summed E-state index contributed by atoms with van der Waals surface area (Å²) in [5.41, 5.74) is 4.30. The Hall–Kier alpha value is -3.65. The number of fused-ring (bicyclic) bond motifs is 1. The molecule has 0 radical (unpaired) electrons. The van der Waals surface area contributed by atoms with Crippen molar-refractivity contribution in [3.63, 3.8) is 0 Å². The van der Waals surface area contributed by atoms with Gasteiger partial charge in [0.15, 0.2) is 0 Å². The molecule has 1 unspecified atom stereocenters. The van der Waals surface area contributed by atoms with Crippen molar-refractivity contribution in [3.05, 3.63) is 88.5 Å². The average molecular weight is 483 g/mol. The van der Waals surface area contributed by atoms with Crippen LogP contribution in [0, 0.1) is 6.92 Å². The Labute approximate surface area is 201 Å². The van der Waals surface area contributed by atoms with Crippen molar-refractivity contribution < 1.29 is 27.5 Å². The normalized spacial score (nSPS) is 14.9. The number of carbonyl (C=O) groups excluding carboxylic acids is 2. The predicted octanol–water partition coefficient (Wildman–Crippen LogP) is 5.16. The zero-order valence-corrected chi connectivity index (χ0v) is 19.3. The lowest BCUT2D eigenvalue weighted by atomic mass is 9.96. The van der Waals surface area contributed by atoms with Gasteiger partial charge in [-0.3, -0.25) is 9.59 Å². The van der Waals surface area contributed by atoms with Crippen molar-refractivity contribution in [2.75, 3.05) is 19.0 Å². The SMILES string of the molecule is COCC(=O)NC1Cc2ccc(NC(=O)c3cc(C)ccc3-c3ccc(C(F)(F)F)cc3)cc2C1. The number of hydrogen-bond donors (Lipinski definition) is 2. The van der Waals surface area contributed by atoms with E-state index in [0.717, 1.165) is 28.8 Å². The molecule has 0 fully saturated rings. The highest BCUT2D eigenvalue weighted by molar-refractivity contribution is 6.09. The number of amides is 2. The minimum absolute atomic E-state index is 0.00586. The first-order chi connectivity index (χ1) is 16.6. The number of aryl methyl sites for hydroxylation is 1. The zero-order chi connectivity index (χ0) is 25.2.